The van der Waals surface area contributed by atoms with Gasteiger partial charge in [0.05, 0.1) is 33.0 Å². The predicted molar refractivity (Wildman–Crippen MR) is 94.3 cm³/mol. The zero-order valence-corrected chi connectivity index (χ0v) is 14.9. The molecule has 0 radical (unpaired) electrons. The summed E-state index contributed by atoms with van der Waals surface area (Å²) in [6.07, 6.45) is 0.0259. The van der Waals surface area contributed by atoms with Crippen LogP contribution in [0, 0.1) is 0 Å². The summed E-state index contributed by atoms with van der Waals surface area (Å²) in [5.74, 6) is 0. The van der Waals surface area contributed by atoms with Crippen LogP contribution in [0.2, 0.25) is 0 Å². The van der Waals surface area contributed by atoms with Crippen LogP contribution in [0.1, 0.15) is 5.56 Å². The van der Waals surface area contributed by atoms with Gasteiger partial charge in [0, 0.05) is 26.2 Å². The van der Waals surface area contributed by atoms with E-state index in [2.05, 4.69) is 34.1 Å². The summed E-state index contributed by atoms with van der Waals surface area (Å²) >= 11 is 0. The highest BCUT2D eigenvalue weighted by Gasteiger charge is 2.28. The molecular weight excluding hydrogens is 339 g/mol. The van der Waals surface area contributed by atoms with Gasteiger partial charge in [0.25, 0.3) is 0 Å². The number of morpholine rings is 2. The van der Waals surface area contributed by atoms with Gasteiger partial charge in [-0.1, -0.05) is 30.3 Å². The van der Waals surface area contributed by atoms with E-state index in [0.29, 0.717) is 6.61 Å². The minimum Gasteiger partial charge on any atom is -0.379 e. The molecule has 132 valence electrons. The van der Waals surface area contributed by atoms with Crippen molar-refractivity contribution in [2.24, 2.45) is 0 Å². The fourth-order valence-corrected chi connectivity index (χ4v) is 2.78. The minimum atomic E-state index is 0. The van der Waals surface area contributed by atoms with Crippen molar-refractivity contribution >= 4 is 24.8 Å². The number of hydrogen-bond acceptors (Lipinski definition) is 5. The molecule has 0 bridgehead atoms. The Morgan fingerprint density at radius 3 is 1.78 bits per heavy atom. The van der Waals surface area contributed by atoms with Crippen molar-refractivity contribution in [3.63, 3.8) is 0 Å². The molecule has 0 N–H and O–H groups in total. The van der Waals surface area contributed by atoms with E-state index in [1.165, 1.54) is 5.56 Å². The highest BCUT2D eigenvalue weighted by molar-refractivity contribution is 5.85. The Labute approximate surface area is 150 Å². The maximum Gasteiger partial charge on any atom is 0.169 e. The van der Waals surface area contributed by atoms with E-state index in [1.54, 1.807) is 0 Å². The average molecular weight is 365 g/mol. The van der Waals surface area contributed by atoms with Crippen molar-refractivity contribution in [2.75, 3.05) is 52.6 Å². The van der Waals surface area contributed by atoms with Gasteiger partial charge in [-0.2, -0.15) is 0 Å². The molecule has 0 amide bonds. The van der Waals surface area contributed by atoms with Crippen molar-refractivity contribution in [2.45, 2.75) is 13.0 Å². The zero-order valence-electron chi connectivity index (χ0n) is 13.3. The molecule has 0 saturated carbocycles. The highest BCUT2D eigenvalue weighted by atomic mass is 35.5. The third kappa shape index (κ3) is 6.19. The second-order valence-electron chi connectivity index (χ2n) is 5.42. The molecule has 2 aliphatic rings. The van der Waals surface area contributed by atoms with Crippen LogP contribution in [0.25, 0.3) is 0 Å². The van der Waals surface area contributed by atoms with Crippen LogP contribution >= 0.6 is 24.8 Å². The molecule has 0 aliphatic carbocycles. The first-order valence-electron chi connectivity index (χ1n) is 7.72. The lowest BCUT2D eigenvalue weighted by Crippen LogP contribution is -2.56. The SMILES string of the molecule is Cl.Cl.c1ccc(COC(N2CCOCC2)N2CCOCC2)cc1. The van der Waals surface area contributed by atoms with Crippen LogP contribution in [0.4, 0.5) is 0 Å². The molecule has 0 atom stereocenters. The molecular formula is C16H26Cl2N2O3. The van der Waals surface area contributed by atoms with Crippen molar-refractivity contribution in [3.05, 3.63) is 35.9 Å². The smallest absolute Gasteiger partial charge is 0.169 e. The lowest BCUT2D eigenvalue weighted by atomic mass is 10.2. The quantitative estimate of drug-likeness (QED) is 0.797. The largest absolute Gasteiger partial charge is 0.379 e. The molecule has 2 aliphatic heterocycles. The third-order valence-electron chi connectivity index (χ3n) is 3.96. The van der Waals surface area contributed by atoms with Crippen LogP contribution < -0.4 is 0 Å². The van der Waals surface area contributed by atoms with Crippen molar-refractivity contribution in [1.82, 2.24) is 9.80 Å². The number of nitrogens with zero attached hydrogens (tertiary/aromatic N) is 2. The summed E-state index contributed by atoms with van der Waals surface area (Å²) in [6, 6.07) is 10.4. The number of hydrogen-bond donors (Lipinski definition) is 0. The van der Waals surface area contributed by atoms with Crippen LogP contribution in [0.5, 0.6) is 0 Å². The van der Waals surface area contributed by atoms with Crippen molar-refractivity contribution < 1.29 is 14.2 Å². The van der Waals surface area contributed by atoms with E-state index < -0.39 is 0 Å². The summed E-state index contributed by atoms with van der Waals surface area (Å²) < 4.78 is 17.2. The van der Waals surface area contributed by atoms with Crippen LogP contribution in [-0.2, 0) is 20.8 Å². The minimum absolute atomic E-state index is 0. The molecule has 7 heteroatoms. The molecule has 0 aromatic heterocycles. The molecule has 3 rings (SSSR count). The lowest BCUT2D eigenvalue weighted by Gasteiger charge is -2.42. The topological polar surface area (TPSA) is 34.2 Å². The van der Waals surface area contributed by atoms with E-state index in [-0.39, 0.29) is 31.2 Å². The fourth-order valence-electron chi connectivity index (χ4n) is 2.78. The summed E-state index contributed by atoms with van der Waals surface area (Å²) in [6.45, 7) is 7.50. The van der Waals surface area contributed by atoms with E-state index in [9.17, 15) is 0 Å². The maximum atomic E-state index is 6.25. The number of rotatable bonds is 5. The van der Waals surface area contributed by atoms with Crippen LogP contribution in [0.15, 0.2) is 30.3 Å². The Kier molecular flexibility index (Phi) is 10.1. The van der Waals surface area contributed by atoms with Gasteiger partial charge in [-0.05, 0) is 5.56 Å². The predicted octanol–water partition coefficient (Wildman–Crippen LogP) is 1.99. The van der Waals surface area contributed by atoms with Gasteiger partial charge in [-0.25, -0.2) is 0 Å². The molecule has 0 spiro atoms. The standard InChI is InChI=1S/C16H24N2O3.2ClH/c1-2-4-15(5-3-1)14-21-16(17-6-10-19-11-7-17)18-8-12-20-13-9-18;;/h1-5,16H,6-14H2;2*1H. The molecule has 0 unspecified atom stereocenters. The Hall–Kier alpha value is -0.400. The molecule has 2 saturated heterocycles. The van der Waals surface area contributed by atoms with E-state index in [1.807, 2.05) is 6.07 Å². The van der Waals surface area contributed by atoms with Gasteiger partial charge in [-0.3, -0.25) is 9.80 Å². The molecule has 1 aromatic carbocycles. The van der Waals surface area contributed by atoms with E-state index in [0.717, 1.165) is 52.6 Å². The van der Waals surface area contributed by atoms with Gasteiger partial charge < -0.3 is 14.2 Å². The Balaban J connectivity index is 0.00000132. The molecule has 1 aromatic rings. The summed E-state index contributed by atoms with van der Waals surface area (Å²) in [5, 5.41) is 0. The van der Waals surface area contributed by atoms with Crippen LogP contribution in [-0.4, -0.2) is 68.8 Å². The second kappa shape index (κ2) is 11.2. The molecule has 2 heterocycles. The fraction of sp³-hybridized carbons (Fsp3) is 0.625. The van der Waals surface area contributed by atoms with Gasteiger partial charge >= 0.3 is 0 Å². The molecule has 2 fully saturated rings. The van der Waals surface area contributed by atoms with Crippen LogP contribution in [0.3, 0.4) is 0 Å². The third-order valence-corrected chi connectivity index (χ3v) is 3.96. The summed E-state index contributed by atoms with van der Waals surface area (Å²) in [5.41, 5.74) is 1.21. The molecule has 5 nitrogen and oxygen atoms in total. The monoisotopic (exact) mass is 364 g/mol. The Morgan fingerprint density at radius 1 is 0.826 bits per heavy atom. The number of halogens is 2. The maximum absolute atomic E-state index is 6.25. The lowest BCUT2D eigenvalue weighted by molar-refractivity contribution is -0.193. The zero-order chi connectivity index (χ0) is 14.3. The van der Waals surface area contributed by atoms with E-state index >= 15 is 0 Å². The average Bonchev–Trinajstić information content (AvgIpc) is 2.58. The normalized spacial score (nSPS) is 19.9. The van der Waals surface area contributed by atoms with Gasteiger partial charge in [0.15, 0.2) is 6.35 Å². The first-order chi connectivity index (χ1) is 10.4. The first-order valence-corrected chi connectivity index (χ1v) is 7.72. The highest BCUT2D eigenvalue weighted by Crippen LogP contribution is 2.15. The van der Waals surface area contributed by atoms with Gasteiger partial charge in [-0.15, -0.1) is 24.8 Å². The number of ether oxygens (including phenoxy) is 3. The number of benzene rings is 1. The second-order valence-corrected chi connectivity index (χ2v) is 5.42. The summed E-state index contributed by atoms with van der Waals surface area (Å²) in [7, 11) is 0. The van der Waals surface area contributed by atoms with Gasteiger partial charge in [0.2, 0.25) is 0 Å². The van der Waals surface area contributed by atoms with E-state index in [4.69, 9.17) is 14.2 Å². The Morgan fingerprint density at radius 2 is 1.30 bits per heavy atom. The van der Waals surface area contributed by atoms with Crippen molar-refractivity contribution in [1.29, 1.82) is 0 Å². The Bertz CT molecular complexity index is 395. The summed E-state index contributed by atoms with van der Waals surface area (Å²) in [4.78, 5) is 4.75. The first kappa shape index (κ1) is 20.6. The van der Waals surface area contributed by atoms with Crippen molar-refractivity contribution in [3.8, 4) is 0 Å². The molecule has 23 heavy (non-hydrogen) atoms. The van der Waals surface area contributed by atoms with Gasteiger partial charge in [0.1, 0.15) is 0 Å².